The molecule has 1 saturated heterocycles. The topological polar surface area (TPSA) is 49.4 Å². The van der Waals surface area contributed by atoms with Gasteiger partial charge >= 0.3 is 0 Å². The van der Waals surface area contributed by atoms with Gasteiger partial charge in [-0.25, -0.2) is 0 Å². The van der Waals surface area contributed by atoms with E-state index in [0.717, 1.165) is 19.3 Å². The molecule has 0 aromatic rings. The number of rotatable bonds is 3. The molecule has 4 nitrogen and oxygen atoms in total. The Morgan fingerprint density at radius 3 is 2.50 bits per heavy atom. The molecule has 1 atom stereocenters. The highest BCUT2D eigenvalue weighted by Crippen LogP contribution is 2.41. The van der Waals surface area contributed by atoms with Gasteiger partial charge in [-0.15, -0.1) is 0 Å². The van der Waals surface area contributed by atoms with Crippen molar-refractivity contribution in [2.75, 3.05) is 6.54 Å². The summed E-state index contributed by atoms with van der Waals surface area (Å²) < 4.78 is 0. The lowest BCUT2D eigenvalue weighted by atomic mass is 9.72. The van der Waals surface area contributed by atoms with Gasteiger partial charge in [0.25, 0.3) is 0 Å². The van der Waals surface area contributed by atoms with E-state index in [1.807, 2.05) is 11.8 Å². The fourth-order valence-corrected chi connectivity index (χ4v) is 2.79. The van der Waals surface area contributed by atoms with E-state index < -0.39 is 0 Å². The summed E-state index contributed by atoms with van der Waals surface area (Å²) in [5.74, 6) is 0.106. The van der Waals surface area contributed by atoms with Gasteiger partial charge in [0.15, 0.2) is 0 Å². The van der Waals surface area contributed by atoms with E-state index in [1.54, 1.807) is 0 Å². The Kier molecular flexibility index (Phi) is 2.91. The summed E-state index contributed by atoms with van der Waals surface area (Å²) >= 11 is 0. The predicted molar refractivity (Wildman–Crippen MR) is 60.8 cm³/mol. The largest absolute Gasteiger partial charge is 0.343 e. The summed E-state index contributed by atoms with van der Waals surface area (Å²) in [6, 6.07) is -0.301. The van der Waals surface area contributed by atoms with Crippen LogP contribution in [0.15, 0.2) is 0 Å². The van der Waals surface area contributed by atoms with E-state index in [4.69, 9.17) is 0 Å². The SMILES string of the molecule is CCC1NC(=O)CN(C2(CC)CCC2)C1=O. The standard InChI is InChI=1S/C12H20N2O2/c1-3-9-11(16)14(8-10(15)13-9)12(4-2)6-5-7-12/h9H,3-8H2,1-2H3,(H,13,15). The molecule has 0 bridgehead atoms. The Hall–Kier alpha value is -1.06. The van der Waals surface area contributed by atoms with Gasteiger partial charge in [0, 0.05) is 5.54 Å². The fraction of sp³-hybridized carbons (Fsp3) is 0.833. The van der Waals surface area contributed by atoms with E-state index in [-0.39, 0.29) is 29.9 Å². The van der Waals surface area contributed by atoms with E-state index in [2.05, 4.69) is 12.2 Å². The van der Waals surface area contributed by atoms with Crippen LogP contribution in [0.3, 0.4) is 0 Å². The normalized spacial score (nSPS) is 28.6. The fourth-order valence-electron chi connectivity index (χ4n) is 2.79. The van der Waals surface area contributed by atoms with E-state index in [1.165, 1.54) is 6.42 Å². The molecular formula is C12H20N2O2. The van der Waals surface area contributed by atoms with Crippen molar-refractivity contribution in [3.63, 3.8) is 0 Å². The van der Waals surface area contributed by atoms with Crippen molar-refractivity contribution < 1.29 is 9.59 Å². The average Bonchev–Trinajstić information content (AvgIpc) is 2.21. The number of nitrogens with one attached hydrogen (secondary N) is 1. The highest BCUT2D eigenvalue weighted by Gasteiger charge is 2.47. The summed E-state index contributed by atoms with van der Waals surface area (Å²) in [4.78, 5) is 25.6. The molecule has 1 saturated carbocycles. The Morgan fingerprint density at radius 2 is 2.06 bits per heavy atom. The molecule has 0 aromatic heterocycles. The highest BCUT2D eigenvalue weighted by molar-refractivity contribution is 5.95. The average molecular weight is 224 g/mol. The summed E-state index contributed by atoms with van der Waals surface area (Å²) in [5, 5.41) is 2.76. The van der Waals surface area contributed by atoms with Gasteiger partial charge in [-0.2, -0.15) is 0 Å². The van der Waals surface area contributed by atoms with Gasteiger partial charge in [0.2, 0.25) is 11.8 Å². The van der Waals surface area contributed by atoms with Crippen molar-refractivity contribution in [3.8, 4) is 0 Å². The van der Waals surface area contributed by atoms with E-state index in [0.29, 0.717) is 6.42 Å². The Labute approximate surface area is 96.4 Å². The van der Waals surface area contributed by atoms with Crippen molar-refractivity contribution in [1.82, 2.24) is 10.2 Å². The molecule has 4 heteroatoms. The first kappa shape index (κ1) is 11.4. The van der Waals surface area contributed by atoms with Gasteiger partial charge in [0.05, 0.1) is 0 Å². The van der Waals surface area contributed by atoms with Gasteiger partial charge in [-0.05, 0) is 32.1 Å². The first-order valence-electron chi connectivity index (χ1n) is 6.24. The van der Waals surface area contributed by atoms with Crippen LogP contribution in [0, 0.1) is 0 Å². The predicted octanol–water partition coefficient (Wildman–Crippen LogP) is 1.06. The van der Waals surface area contributed by atoms with Gasteiger partial charge in [-0.3, -0.25) is 9.59 Å². The minimum absolute atomic E-state index is 0.00817. The molecule has 1 N–H and O–H groups in total. The lowest BCUT2D eigenvalue weighted by molar-refractivity contribution is -0.155. The first-order chi connectivity index (χ1) is 7.63. The van der Waals surface area contributed by atoms with Crippen molar-refractivity contribution >= 4 is 11.8 Å². The van der Waals surface area contributed by atoms with Gasteiger partial charge < -0.3 is 10.2 Å². The molecule has 16 heavy (non-hydrogen) atoms. The van der Waals surface area contributed by atoms with Crippen molar-refractivity contribution in [2.45, 2.75) is 57.5 Å². The Bertz CT molecular complexity index is 305. The first-order valence-corrected chi connectivity index (χ1v) is 6.24. The number of carbonyl (C=O) groups is 2. The van der Waals surface area contributed by atoms with Crippen LogP contribution in [0.4, 0.5) is 0 Å². The lowest BCUT2D eigenvalue weighted by Crippen LogP contribution is -2.66. The number of amides is 2. The third-order valence-corrected chi connectivity index (χ3v) is 4.12. The maximum absolute atomic E-state index is 12.2. The molecule has 2 aliphatic rings. The zero-order valence-corrected chi connectivity index (χ0v) is 10.1. The Balaban J connectivity index is 2.19. The van der Waals surface area contributed by atoms with Crippen molar-refractivity contribution in [1.29, 1.82) is 0 Å². The monoisotopic (exact) mass is 224 g/mol. The summed E-state index contributed by atoms with van der Waals surface area (Å²) in [5.41, 5.74) is -0.0116. The molecule has 1 heterocycles. The summed E-state index contributed by atoms with van der Waals surface area (Å²) in [7, 11) is 0. The molecule has 0 spiro atoms. The van der Waals surface area contributed by atoms with Crippen LogP contribution < -0.4 is 5.32 Å². The van der Waals surface area contributed by atoms with Crippen LogP contribution in [0.5, 0.6) is 0 Å². The molecule has 1 aliphatic carbocycles. The third kappa shape index (κ3) is 1.60. The summed E-state index contributed by atoms with van der Waals surface area (Å²) in [6.45, 7) is 4.30. The number of nitrogens with zero attached hydrogens (tertiary/aromatic N) is 1. The second-order valence-electron chi connectivity index (χ2n) is 4.88. The number of piperazine rings is 1. The van der Waals surface area contributed by atoms with Crippen LogP contribution in [-0.4, -0.2) is 34.8 Å². The van der Waals surface area contributed by atoms with Crippen LogP contribution >= 0.6 is 0 Å². The van der Waals surface area contributed by atoms with Crippen LogP contribution in [0.2, 0.25) is 0 Å². The lowest BCUT2D eigenvalue weighted by Gasteiger charge is -2.52. The maximum Gasteiger partial charge on any atom is 0.246 e. The van der Waals surface area contributed by atoms with Crippen LogP contribution in [0.1, 0.15) is 46.0 Å². The molecule has 0 radical (unpaired) electrons. The summed E-state index contributed by atoms with van der Waals surface area (Å²) in [6.07, 6.45) is 4.93. The zero-order valence-electron chi connectivity index (χ0n) is 10.1. The van der Waals surface area contributed by atoms with Crippen molar-refractivity contribution in [3.05, 3.63) is 0 Å². The highest BCUT2D eigenvalue weighted by atomic mass is 16.2. The second-order valence-corrected chi connectivity index (χ2v) is 4.88. The molecule has 2 rings (SSSR count). The smallest absolute Gasteiger partial charge is 0.246 e. The number of hydrogen-bond donors (Lipinski definition) is 1. The molecule has 90 valence electrons. The van der Waals surface area contributed by atoms with Gasteiger partial charge in [0.1, 0.15) is 12.6 Å². The molecule has 0 aromatic carbocycles. The maximum atomic E-state index is 12.2. The zero-order chi connectivity index (χ0) is 11.8. The number of carbonyl (C=O) groups excluding carboxylic acids is 2. The second kappa shape index (κ2) is 4.07. The third-order valence-electron chi connectivity index (χ3n) is 4.12. The molecular weight excluding hydrogens is 204 g/mol. The minimum atomic E-state index is -0.301. The molecule has 2 fully saturated rings. The minimum Gasteiger partial charge on any atom is -0.343 e. The van der Waals surface area contributed by atoms with Crippen LogP contribution in [-0.2, 0) is 9.59 Å². The Morgan fingerprint density at radius 1 is 1.38 bits per heavy atom. The molecule has 1 aliphatic heterocycles. The van der Waals surface area contributed by atoms with Gasteiger partial charge in [-0.1, -0.05) is 13.8 Å². The van der Waals surface area contributed by atoms with Crippen molar-refractivity contribution in [2.24, 2.45) is 0 Å². The van der Waals surface area contributed by atoms with E-state index in [9.17, 15) is 9.59 Å². The van der Waals surface area contributed by atoms with Crippen LogP contribution in [0.25, 0.3) is 0 Å². The molecule has 1 unspecified atom stereocenters. The molecule has 2 amide bonds. The quantitative estimate of drug-likeness (QED) is 0.779. The van der Waals surface area contributed by atoms with E-state index >= 15 is 0 Å². The number of hydrogen-bond acceptors (Lipinski definition) is 2.